The van der Waals surface area contributed by atoms with Crippen molar-refractivity contribution in [2.24, 2.45) is 0 Å². The monoisotopic (exact) mass is 342 g/mol. The lowest BCUT2D eigenvalue weighted by molar-refractivity contribution is -0.384. The number of anilines is 1. The molecule has 0 unspecified atom stereocenters. The lowest BCUT2D eigenvalue weighted by Gasteiger charge is -2.06. The molecule has 0 radical (unpaired) electrons. The summed E-state index contributed by atoms with van der Waals surface area (Å²) in [4.78, 5) is 21.8. The highest BCUT2D eigenvalue weighted by molar-refractivity contribution is 5.90. The fraction of sp³-hybridized carbons (Fsp3) is 0.286. The molecule has 0 spiro atoms. The minimum absolute atomic E-state index is 0.0132. The number of nitro benzene ring substituents is 1. The molecule has 1 amide bonds. The first-order chi connectivity index (χ1) is 11.2. The largest absolute Gasteiger partial charge is 0.435 e. The van der Waals surface area contributed by atoms with Crippen LogP contribution in [0.3, 0.4) is 0 Å². The zero-order valence-electron chi connectivity index (χ0n) is 12.5. The number of hydrogen-bond acceptors (Lipinski definition) is 4. The van der Waals surface area contributed by atoms with Crippen LogP contribution in [-0.2, 0) is 17.5 Å². The molecule has 0 saturated heterocycles. The number of carbonyl (C=O) groups is 1. The maximum absolute atomic E-state index is 12.6. The predicted molar refractivity (Wildman–Crippen MR) is 78.3 cm³/mol. The molecule has 0 fully saturated rings. The molecule has 10 heteroatoms. The average molecular weight is 342 g/mol. The standard InChI is InChI=1S/C14H13F3N4O3/c1-9-8-12(14(15,16)17)19-20(9)7-6-13(22)18-10-2-4-11(5-3-10)21(23)24/h2-5,8H,6-7H2,1H3,(H,18,22). The van der Waals surface area contributed by atoms with Gasteiger partial charge in [0.15, 0.2) is 5.69 Å². The number of nitrogens with zero attached hydrogens (tertiary/aromatic N) is 3. The molecule has 1 aromatic carbocycles. The van der Waals surface area contributed by atoms with E-state index in [1.807, 2.05) is 0 Å². The van der Waals surface area contributed by atoms with Gasteiger partial charge in [-0.15, -0.1) is 0 Å². The van der Waals surface area contributed by atoms with E-state index in [2.05, 4.69) is 10.4 Å². The van der Waals surface area contributed by atoms with Gasteiger partial charge in [0.05, 0.1) is 4.92 Å². The maximum Gasteiger partial charge on any atom is 0.435 e. The van der Waals surface area contributed by atoms with Crippen molar-refractivity contribution in [2.45, 2.75) is 26.1 Å². The van der Waals surface area contributed by atoms with Crippen molar-refractivity contribution in [3.05, 3.63) is 51.8 Å². The number of hydrogen-bond donors (Lipinski definition) is 1. The van der Waals surface area contributed by atoms with Gasteiger partial charge in [0, 0.05) is 36.5 Å². The van der Waals surface area contributed by atoms with Gasteiger partial charge in [0.1, 0.15) is 0 Å². The minimum atomic E-state index is -4.53. The van der Waals surface area contributed by atoms with Crippen LogP contribution in [0.2, 0.25) is 0 Å². The summed E-state index contributed by atoms with van der Waals surface area (Å²) >= 11 is 0. The molecular weight excluding hydrogens is 329 g/mol. The molecule has 1 N–H and O–H groups in total. The molecule has 1 aromatic heterocycles. The minimum Gasteiger partial charge on any atom is -0.326 e. The van der Waals surface area contributed by atoms with Crippen molar-refractivity contribution in [3.63, 3.8) is 0 Å². The summed E-state index contributed by atoms with van der Waals surface area (Å²) in [5.74, 6) is -0.438. The quantitative estimate of drug-likeness (QED) is 0.667. The summed E-state index contributed by atoms with van der Waals surface area (Å²) in [7, 11) is 0. The number of alkyl halides is 3. The van der Waals surface area contributed by atoms with Gasteiger partial charge >= 0.3 is 6.18 Å². The highest BCUT2D eigenvalue weighted by atomic mass is 19.4. The number of benzene rings is 1. The molecule has 0 saturated carbocycles. The van der Waals surface area contributed by atoms with Crippen molar-refractivity contribution in [2.75, 3.05) is 5.32 Å². The Balaban J connectivity index is 1.94. The van der Waals surface area contributed by atoms with E-state index in [0.717, 1.165) is 10.7 Å². The van der Waals surface area contributed by atoms with Crippen LogP contribution < -0.4 is 5.32 Å². The topological polar surface area (TPSA) is 90.1 Å². The maximum atomic E-state index is 12.6. The lowest BCUT2D eigenvalue weighted by Crippen LogP contribution is -2.16. The number of amides is 1. The van der Waals surface area contributed by atoms with Crippen molar-refractivity contribution in [1.82, 2.24) is 9.78 Å². The molecule has 0 aliphatic heterocycles. The number of nitro groups is 1. The van der Waals surface area contributed by atoms with E-state index in [9.17, 15) is 28.1 Å². The molecule has 1 heterocycles. The van der Waals surface area contributed by atoms with E-state index < -0.39 is 22.7 Å². The number of rotatable bonds is 5. The van der Waals surface area contributed by atoms with Gasteiger partial charge < -0.3 is 5.32 Å². The molecule has 0 atom stereocenters. The highest BCUT2D eigenvalue weighted by Crippen LogP contribution is 2.28. The Morgan fingerprint density at radius 1 is 1.33 bits per heavy atom. The Hall–Kier alpha value is -2.91. The first-order valence-corrected chi connectivity index (χ1v) is 6.83. The highest BCUT2D eigenvalue weighted by Gasteiger charge is 2.34. The summed E-state index contributed by atoms with van der Waals surface area (Å²) in [6.45, 7) is 1.46. The van der Waals surface area contributed by atoms with E-state index in [1.165, 1.54) is 31.2 Å². The Bertz CT molecular complexity index is 754. The summed E-state index contributed by atoms with van der Waals surface area (Å²) < 4.78 is 38.8. The number of nitrogens with one attached hydrogen (secondary N) is 1. The Kier molecular flexibility index (Phi) is 4.86. The van der Waals surface area contributed by atoms with Crippen LogP contribution in [0.1, 0.15) is 17.8 Å². The molecule has 24 heavy (non-hydrogen) atoms. The third-order valence-corrected chi connectivity index (χ3v) is 3.18. The molecule has 0 aliphatic rings. The first kappa shape index (κ1) is 17.4. The molecule has 2 aromatic rings. The lowest BCUT2D eigenvalue weighted by atomic mass is 10.2. The van der Waals surface area contributed by atoms with Crippen LogP contribution in [0.5, 0.6) is 0 Å². The smallest absolute Gasteiger partial charge is 0.326 e. The van der Waals surface area contributed by atoms with E-state index in [1.54, 1.807) is 0 Å². The number of non-ortho nitro benzene ring substituents is 1. The second-order valence-corrected chi connectivity index (χ2v) is 4.99. The summed E-state index contributed by atoms with van der Waals surface area (Å²) in [6, 6.07) is 6.13. The number of carbonyl (C=O) groups excluding carboxylic acids is 1. The van der Waals surface area contributed by atoms with Crippen LogP contribution in [0.25, 0.3) is 0 Å². The Labute approximate surface area is 134 Å². The van der Waals surface area contributed by atoms with Gasteiger partial charge in [-0.3, -0.25) is 19.6 Å². The molecule has 128 valence electrons. The third-order valence-electron chi connectivity index (χ3n) is 3.18. The van der Waals surface area contributed by atoms with Crippen molar-refractivity contribution >= 4 is 17.3 Å². The molecular formula is C14H13F3N4O3. The SMILES string of the molecule is Cc1cc(C(F)(F)F)nn1CCC(=O)Nc1ccc([N+](=O)[O-])cc1. The Morgan fingerprint density at radius 3 is 2.46 bits per heavy atom. The van der Waals surface area contributed by atoms with Crippen LogP contribution in [0.4, 0.5) is 24.5 Å². The molecule has 2 rings (SSSR count). The van der Waals surface area contributed by atoms with Crippen LogP contribution in [0, 0.1) is 17.0 Å². The average Bonchev–Trinajstić information content (AvgIpc) is 2.87. The summed E-state index contributed by atoms with van der Waals surface area (Å²) in [5.41, 5.74) is -0.458. The van der Waals surface area contributed by atoms with Gasteiger partial charge in [-0.2, -0.15) is 18.3 Å². The normalized spacial score (nSPS) is 11.3. The van der Waals surface area contributed by atoms with Crippen LogP contribution >= 0.6 is 0 Å². The van der Waals surface area contributed by atoms with Crippen molar-refractivity contribution in [1.29, 1.82) is 0 Å². The van der Waals surface area contributed by atoms with Gasteiger partial charge in [-0.25, -0.2) is 0 Å². The van der Waals surface area contributed by atoms with Crippen molar-refractivity contribution in [3.8, 4) is 0 Å². The third kappa shape index (κ3) is 4.31. The fourth-order valence-corrected chi connectivity index (χ4v) is 1.97. The van der Waals surface area contributed by atoms with Gasteiger partial charge in [-0.1, -0.05) is 0 Å². The second kappa shape index (κ2) is 6.69. The number of aryl methyl sites for hydroxylation is 2. The van der Waals surface area contributed by atoms with Crippen LogP contribution in [-0.4, -0.2) is 20.6 Å². The number of halogens is 3. The molecule has 0 aliphatic carbocycles. The Morgan fingerprint density at radius 2 is 1.96 bits per heavy atom. The van der Waals surface area contributed by atoms with Gasteiger partial charge in [0.2, 0.25) is 5.91 Å². The second-order valence-electron chi connectivity index (χ2n) is 4.99. The van der Waals surface area contributed by atoms with Crippen LogP contribution in [0.15, 0.2) is 30.3 Å². The van der Waals surface area contributed by atoms with Gasteiger partial charge in [0.25, 0.3) is 5.69 Å². The van der Waals surface area contributed by atoms with E-state index in [0.29, 0.717) is 11.4 Å². The molecule has 7 nitrogen and oxygen atoms in total. The van der Waals surface area contributed by atoms with E-state index in [-0.39, 0.29) is 18.7 Å². The van der Waals surface area contributed by atoms with E-state index in [4.69, 9.17) is 0 Å². The van der Waals surface area contributed by atoms with Gasteiger partial charge in [-0.05, 0) is 25.1 Å². The molecule has 0 bridgehead atoms. The van der Waals surface area contributed by atoms with E-state index >= 15 is 0 Å². The zero-order valence-corrected chi connectivity index (χ0v) is 12.5. The zero-order chi connectivity index (χ0) is 17.9. The first-order valence-electron chi connectivity index (χ1n) is 6.83. The summed E-state index contributed by atoms with van der Waals surface area (Å²) in [6.07, 6.45) is -4.62. The summed E-state index contributed by atoms with van der Waals surface area (Å²) in [5, 5.41) is 16.5. The fourth-order valence-electron chi connectivity index (χ4n) is 1.97. The van der Waals surface area contributed by atoms with Crippen molar-refractivity contribution < 1.29 is 22.9 Å². The number of aromatic nitrogens is 2. The predicted octanol–water partition coefficient (Wildman–Crippen LogP) is 3.15.